The fourth-order valence-corrected chi connectivity index (χ4v) is 1.06. The van der Waals surface area contributed by atoms with E-state index in [1.54, 1.807) is 0 Å². The van der Waals surface area contributed by atoms with Crippen molar-refractivity contribution >= 4 is 18.0 Å². The molecule has 4 nitrogen and oxygen atoms in total. The summed E-state index contributed by atoms with van der Waals surface area (Å²) in [5.74, 6) is -2.15. The van der Waals surface area contributed by atoms with E-state index in [0.717, 1.165) is 24.3 Å². The Balaban J connectivity index is 3.07. The van der Waals surface area contributed by atoms with Crippen molar-refractivity contribution in [2.75, 3.05) is 0 Å². The Morgan fingerprint density at radius 3 is 2.69 bits per heavy atom. The molecular formula is C11H9FO4. The number of carbonyl (C=O) groups is 2. The Kier molecular flexibility index (Phi) is 3.77. The van der Waals surface area contributed by atoms with Crippen LogP contribution in [0.25, 0.3) is 6.08 Å². The lowest BCUT2D eigenvalue weighted by Gasteiger charge is -2.04. The number of benzene rings is 1. The zero-order valence-electron chi connectivity index (χ0n) is 8.44. The largest absolute Gasteiger partial charge is 0.478 e. The second-order valence-electron chi connectivity index (χ2n) is 2.95. The summed E-state index contributed by atoms with van der Waals surface area (Å²) < 4.78 is 17.7. The van der Waals surface area contributed by atoms with Crippen molar-refractivity contribution in [2.45, 2.75) is 6.92 Å². The Bertz CT molecular complexity index is 451. The lowest BCUT2D eigenvalue weighted by Crippen LogP contribution is -2.03. The van der Waals surface area contributed by atoms with Gasteiger partial charge in [0.1, 0.15) is 11.6 Å². The zero-order chi connectivity index (χ0) is 12.1. The number of hydrogen-bond acceptors (Lipinski definition) is 3. The van der Waals surface area contributed by atoms with Crippen molar-refractivity contribution in [1.29, 1.82) is 0 Å². The summed E-state index contributed by atoms with van der Waals surface area (Å²) in [6, 6.07) is 3.46. The van der Waals surface area contributed by atoms with Gasteiger partial charge in [0.05, 0.1) is 0 Å². The van der Waals surface area contributed by atoms with Crippen molar-refractivity contribution in [3.8, 4) is 5.75 Å². The number of carboxylic acid groups (broad SMARTS) is 1. The van der Waals surface area contributed by atoms with Gasteiger partial charge in [-0.2, -0.15) is 0 Å². The Morgan fingerprint density at radius 1 is 1.44 bits per heavy atom. The fourth-order valence-electron chi connectivity index (χ4n) is 1.06. The van der Waals surface area contributed by atoms with E-state index >= 15 is 0 Å². The lowest BCUT2D eigenvalue weighted by molar-refractivity contribution is -0.132. The van der Waals surface area contributed by atoms with Crippen LogP contribution in [0, 0.1) is 5.82 Å². The van der Waals surface area contributed by atoms with Gasteiger partial charge in [-0.05, 0) is 24.3 Å². The summed E-state index contributed by atoms with van der Waals surface area (Å²) in [6.45, 7) is 1.20. The third kappa shape index (κ3) is 3.53. The van der Waals surface area contributed by atoms with Gasteiger partial charge in [0, 0.05) is 18.6 Å². The van der Waals surface area contributed by atoms with Crippen LogP contribution in [0.1, 0.15) is 12.5 Å². The van der Waals surface area contributed by atoms with Crippen LogP contribution in [-0.4, -0.2) is 17.0 Å². The highest BCUT2D eigenvalue weighted by Gasteiger charge is 2.05. The maximum absolute atomic E-state index is 12.9. The fraction of sp³-hybridized carbons (Fsp3) is 0.0909. The van der Waals surface area contributed by atoms with Crippen molar-refractivity contribution in [3.05, 3.63) is 35.7 Å². The molecule has 0 saturated heterocycles. The molecule has 0 bridgehead atoms. The van der Waals surface area contributed by atoms with Crippen molar-refractivity contribution in [1.82, 2.24) is 0 Å². The average molecular weight is 224 g/mol. The van der Waals surface area contributed by atoms with Crippen molar-refractivity contribution in [3.63, 3.8) is 0 Å². The van der Waals surface area contributed by atoms with Crippen LogP contribution in [0.2, 0.25) is 0 Å². The molecule has 16 heavy (non-hydrogen) atoms. The first-order chi connectivity index (χ1) is 7.49. The summed E-state index contributed by atoms with van der Waals surface area (Å²) in [7, 11) is 0. The number of halogens is 1. The van der Waals surface area contributed by atoms with E-state index in [2.05, 4.69) is 0 Å². The minimum absolute atomic E-state index is 0.117. The first-order valence-electron chi connectivity index (χ1n) is 4.38. The summed E-state index contributed by atoms with van der Waals surface area (Å²) in [4.78, 5) is 21.0. The number of ether oxygens (including phenoxy) is 1. The maximum atomic E-state index is 12.9. The van der Waals surface area contributed by atoms with Crippen LogP contribution in [-0.2, 0) is 9.59 Å². The molecule has 0 aliphatic carbocycles. The maximum Gasteiger partial charge on any atom is 0.328 e. The molecule has 84 valence electrons. The molecule has 1 aromatic carbocycles. The van der Waals surface area contributed by atoms with Gasteiger partial charge >= 0.3 is 11.9 Å². The van der Waals surface area contributed by atoms with Gasteiger partial charge in [0.2, 0.25) is 0 Å². The zero-order valence-corrected chi connectivity index (χ0v) is 8.44. The highest BCUT2D eigenvalue weighted by molar-refractivity contribution is 5.86. The first kappa shape index (κ1) is 11.9. The lowest BCUT2D eigenvalue weighted by atomic mass is 10.2. The third-order valence-electron chi connectivity index (χ3n) is 1.63. The summed E-state index contributed by atoms with van der Waals surface area (Å²) >= 11 is 0. The van der Waals surface area contributed by atoms with E-state index in [-0.39, 0.29) is 11.3 Å². The molecule has 0 aliphatic heterocycles. The topological polar surface area (TPSA) is 63.6 Å². The Morgan fingerprint density at radius 2 is 2.12 bits per heavy atom. The second kappa shape index (κ2) is 5.06. The van der Waals surface area contributed by atoms with Gasteiger partial charge in [0.15, 0.2) is 0 Å². The SMILES string of the molecule is CC(=O)Oc1ccc(F)cc1/C=C/C(=O)O. The van der Waals surface area contributed by atoms with Gasteiger partial charge in [-0.15, -0.1) is 0 Å². The number of hydrogen-bond donors (Lipinski definition) is 1. The van der Waals surface area contributed by atoms with Crippen LogP contribution < -0.4 is 4.74 Å². The monoisotopic (exact) mass is 224 g/mol. The van der Waals surface area contributed by atoms with Crippen molar-refractivity contribution in [2.24, 2.45) is 0 Å². The molecule has 0 unspecified atom stereocenters. The van der Waals surface area contributed by atoms with Gasteiger partial charge in [-0.3, -0.25) is 4.79 Å². The van der Waals surface area contributed by atoms with E-state index in [9.17, 15) is 14.0 Å². The van der Waals surface area contributed by atoms with E-state index in [0.29, 0.717) is 0 Å². The van der Waals surface area contributed by atoms with Crippen LogP contribution in [0.3, 0.4) is 0 Å². The van der Waals surface area contributed by atoms with E-state index in [4.69, 9.17) is 9.84 Å². The first-order valence-corrected chi connectivity index (χ1v) is 4.38. The third-order valence-corrected chi connectivity index (χ3v) is 1.63. The highest BCUT2D eigenvalue weighted by Crippen LogP contribution is 2.21. The van der Waals surface area contributed by atoms with E-state index < -0.39 is 17.8 Å². The molecule has 0 fully saturated rings. The van der Waals surface area contributed by atoms with Crippen LogP contribution in [0.4, 0.5) is 4.39 Å². The molecule has 5 heteroatoms. The molecule has 1 N–H and O–H groups in total. The van der Waals surface area contributed by atoms with Gasteiger partial charge in [-0.1, -0.05) is 0 Å². The molecule has 0 saturated carbocycles. The minimum Gasteiger partial charge on any atom is -0.478 e. The predicted octanol–water partition coefficient (Wildman–Crippen LogP) is 1.85. The quantitative estimate of drug-likeness (QED) is 0.483. The molecule has 0 spiro atoms. The molecule has 0 heterocycles. The Labute approximate surface area is 91.0 Å². The molecule has 1 aromatic rings. The molecule has 0 radical (unpaired) electrons. The van der Waals surface area contributed by atoms with Crippen LogP contribution in [0.15, 0.2) is 24.3 Å². The smallest absolute Gasteiger partial charge is 0.328 e. The summed E-state index contributed by atoms with van der Waals surface area (Å²) in [5.41, 5.74) is 0.192. The van der Waals surface area contributed by atoms with Crippen LogP contribution >= 0.6 is 0 Å². The average Bonchev–Trinajstić information content (AvgIpc) is 2.17. The summed E-state index contributed by atoms with van der Waals surface area (Å²) in [6.07, 6.45) is 1.99. The molecular weight excluding hydrogens is 215 g/mol. The summed E-state index contributed by atoms with van der Waals surface area (Å²) in [5, 5.41) is 8.43. The highest BCUT2D eigenvalue weighted by atomic mass is 19.1. The molecule has 0 aliphatic rings. The number of rotatable bonds is 3. The van der Waals surface area contributed by atoms with Crippen LogP contribution in [0.5, 0.6) is 5.75 Å². The molecule has 1 rings (SSSR count). The Hall–Kier alpha value is -2.17. The number of carbonyl (C=O) groups excluding carboxylic acids is 1. The minimum atomic E-state index is -1.17. The van der Waals surface area contributed by atoms with Crippen molar-refractivity contribution < 1.29 is 23.8 Å². The normalized spacial score (nSPS) is 10.4. The van der Waals surface area contributed by atoms with Gasteiger partial charge in [0.25, 0.3) is 0 Å². The van der Waals surface area contributed by atoms with Gasteiger partial charge < -0.3 is 9.84 Å². The van der Waals surface area contributed by atoms with E-state index in [1.165, 1.54) is 13.0 Å². The number of aliphatic carboxylic acids is 1. The second-order valence-corrected chi connectivity index (χ2v) is 2.95. The molecule has 0 atom stereocenters. The molecule has 0 aromatic heterocycles. The standard InChI is InChI=1S/C11H9FO4/c1-7(13)16-10-4-3-9(12)6-8(10)2-5-11(14)15/h2-6H,1H3,(H,14,15)/b5-2+. The number of carboxylic acids is 1. The van der Waals surface area contributed by atoms with Gasteiger partial charge in [-0.25, -0.2) is 9.18 Å². The number of esters is 1. The predicted molar refractivity (Wildman–Crippen MR) is 54.4 cm³/mol. The molecule has 0 amide bonds. The van der Waals surface area contributed by atoms with E-state index in [1.807, 2.05) is 0 Å².